The van der Waals surface area contributed by atoms with Crippen LogP contribution in [0.1, 0.15) is 16.8 Å². The highest BCUT2D eigenvalue weighted by Crippen LogP contribution is 2.36. The van der Waals surface area contributed by atoms with E-state index in [4.69, 9.17) is 4.74 Å². The van der Waals surface area contributed by atoms with Crippen molar-refractivity contribution >= 4 is 47.7 Å². The molecule has 132 valence electrons. The van der Waals surface area contributed by atoms with Crippen LogP contribution in [0, 0.1) is 6.92 Å². The summed E-state index contributed by atoms with van der Waals surface area (Å²) >= 11 is 4.93. The van der Waals surface area contributed by atoms with Gasteiger partial charge in [-0.15, -0.1) is 16.4 Å². The fraction of sp³-hybridized carbons (Fsp3) is 0.222. The molecule has 0 atom stereocenters. The maximum absolute atomic E-state index is 12.9. The quantitative estimate of drug-likeness (QED) is 0.493. The molecule has 0 bridgehead atoms. The number of aryl methyl sites for hydroxylation is 1. The van der Waals surface area contributed by atoms with Gasteiger partial charge in [-0.1, -0.05) is 35.5 Å². The number of hydrogen-bond donors (Lipinski definition) is 0. The van der Waals surface area contributed by atoms with E-state index in [0.29, 0.717) is 23.4 Å². The summed E-state index contributed by atoms with van der Waals surface area (Å²) in [5.74, 6) is 0. The second kappa shape index (κ2) is 6.86. The lowest BCUT2D eigenvalue weighted by atomic mass is 10.1. The number of hydrogen-bond acceptors (Lipinski definition) is 6. The first-order valence-corrected chi connectivity index (χ1v) is 9.59. The number of aromatic nitrogens is 4. The van der Waals surface area contributed by atoms with E-state index in [2.05, 4.69) is 31.2 Å². The lowest BCUT2D eigenvalue weighted by molar-refractivity contribution is 0.185. The second-order valence-electron chi connectivity index (χ2n) is 5.92. The highest BCUT2D eigenvalue weighted by Gasteiger charge is 2.20. The summed E-state index contributed by atoms with van der Waals surface area (Å²) in [4.78, 5) is 18.3. The van der Waals surface area contributed by atoms with Gasteiger partial charge in [-0.2, -0.15) is 0 Å². The van der Waals surface area contributed by atoms with Crippen LogP contribution in [0.5, 0.6) is 0 Å². The van der Waals surface area contributed by atoms with Gasteiger partial charge in [0.15, 0.2) is 0 Å². The highest BCUT2D eigenvalue weighted by molar-refractivity contribution is 9.10. The van der Waals surface area contributed by atoms with Gasteiger partial charge in [0.05, 0.1) is 18.8 Å². The van der Waals surface area contributed by atoms with Crippen LogP contribution in [0.15, 0.2) is 39.6 Å². The molecule has 0 saturated heterocycles. The predicted octanol–water partition coefficient (Wildman–Crippen LogP) is 3.67. The molecule has 8 heteroatoms. The Labute approximate surface area is 161 Å². The molecule has 0 fully saturated rings. The van der Waals surface area contributed by atoms with E-state index in [1.807, 2.05) is 37.3 Å². The van der Waals surface area contributed by atoms with Crippen molar-refractivity contribution in [3.05, 3.63) is 62.0 Å². The molecular formula is C18H15BrN4O2S. The minimum Gasteiger partial charge on any atom is -0.380 e. The number of benzene rings is 1. The summed E-state index contributed by atoms with van der Waals surface area (Å²) in [6.07, 6.45) is 0. The Kier molecular flexibility index (Phi) is 4.56. The lowest BCUT2D eigenvalue weighted by Gasteiger charge is -2.08. The van der Waals surface area contributed by atoms with E-state index in [-0.39, 0.29) is 5.56 Å². The molecule has 3 aromatic heterocycles. The van der Waals surface area contributed by atoms with Gasteiger partial charge in [-0.3, -0.25) is 4.79 Å². The van der Waals surface area contributed by atoms with E-state index in [9.17, 15) is 4.79 Å². The fourth-order valence-corrected chi connectivity index (χ4v) is 4.46. The van der Waals surface area contributed by atoms with E-state index in [0.717, 1.165) is 31.5 Å². The largest absolute Gasteiger partial charge is 0.380 e. The van der Waals surface area contributed by atoms with E-state index >= 15 is 0 Å². The molecule has 0 radical (unpaired) electrons. The molecule has 1 aromatic carbocycles. The van der Waals surface area contributed by atoms with Crippen molar-refractivity contribution in [1.29, 1.82) is 0 Å². The Morgan fingerprint density at radius 2 is 2.04 bits per heavy atom. The topological polar surface area (TPSA) is 69.9 Å². The van der Waals surface area contributed by atoms with Crippen LogP contribution >= 0.6 is 27.3 Å². The average Bonchev–Trinajstić information content (AvgIpc) is 3.01. The molecule has 26 heavy (non-hydrogen) atoms. The molecule has 0 aliphatic carbocycles. The van der Waals surface area contributed by atoms with Crippen LogP contribution in [-0.2, 0) is 17.9 Å². The monoisotopic (exact) mass is 430 g/mol. The van der Waals surface area contributed by atoms with Crippen molar-refractivity contribution in [2.45, 2.75) is 20.1 Å². The smallest absolute Gasteiger partial charge is 0.288 e. The molecular weight excluding hydrogens is 416 g/mol. The summed E-state index contributed by atoms with van der Waals surface area (Å²) in [6.45, 7) is 2.71. The Hall–Kier alpha value is -2.16. The molecule has 3 heterocycles. The summed E-state index contributed by atoms with van der Waals surface area (Å²) < 4.78 is 8.17. The third-order valence-corrected chi connectivity index (χ3v) is 6.28. The summed E-state index contributed by atoms with van der Waals surface area (Å²) in [5, 5.41) is 9.34. The van der Waals surface area contributed by atoms with Crippen LogP contribution in [-0.4, -0.2) is 27.1 Å². The summed E-state index contributed by atoms with van der Waals surface area (Å²) in [7, 11) is 1.64. The standard InChI is InChI=1S/C18H15BrN4O2S/c1-10-14(19)12(9-25-2)13-15-16(26-17(13)20-10)18(24)23(22-21-15)8-11-6-4-3-5-7-11/h3-7H,8-9H2,1-2H3. The number of methoxy groups -OCH3 is 1. The number of rotatable bonds is 4. The van der Waals surface area contributed by atoms with Crippen molar-refractivity contribution < 1.29 is 4.74 Å². The van der Waals surface area contributed by atoms with Gasteiger partial charge in [0, 0.05) is 22.5 Å². The number of pyridine rings is 1. The number of nitrogens with zero attached hydrogens (tertiary/aromatic N) is 4. The third-order valence-electron chi connectivity index (χ3n) is 4.16. The molecule has 4 rings (SSSR count). The van der Waals surface area contributed by atoms with Crippen LogP contribution in [0.3, 0.4) is 0 Å². The van der Waals surface area contributed by atoms with Gasteiger partial charge in [0.2, 0.25) is 0 Å². The molecule has 0 saturated carbocycles. The average molecular weight is 431 g/mol. The van der Waals surface area contributed by atoms with Crippen molar-refractivity contribution in [3.8, 4) is 0 Å². The number of halogens is 1. The fourth-order valence-electron chi connectivity index (χ4n) is 2.93. The molecule has 4 aromatic rings. The Balaban J connectivity index is 1.95. The Morgan fingerprint density at radius 3 is 2.77 bits per heavy atom. The molecule has 0 aliphatic rings. The van der Waals surface area contributed by atoms with Gasteiger partial charge < -0.3 is 4.74 Å². The molecule has 0 amide bonds. The first-order chi connectivity index (χ1) is 12.6. The van der Waals surface area contributed by atoms with E-state index in [1.54, 1.807) is 7.11 Å². The Bertz CT molecular complexity index is 1170. The van der Waals surface area contributed by atoms with Crippen LogP contribution in [0.25, 0.3) is 20.4 Å². The van der Waals surface area contributed by atoms with E-state index in [1.165, 1.54) is 16.0 Å². The maximum atomic E-state index is 12.9. The first-order valence-electron chi connectivity index (χ1n) is 7.98. The lowest BCUT2D eigenvalue weighted by Crippen LogP contribution is -2.24. The summed E-state index contributed by atoms with van der Waals surface area (Å²) in [6, 6.07) is 9.74. The third kappa shape index (κ3) is 2.84. The van der Waals surface area contributed by atoms with Crippen molar-refractivity contribution in [2.24, 2.45) is 0 Å². The van der Waals surface area contributed by atoms with Gasteiger partial charge in [-0.25, -0.2) is 9.67 Å². The Morgan fingerprint density at radius 1 is 1.27 bits per heavy atom. The zero-order valence-corrected chi connectivity index (χ0v) is 16.6. The molecule has 0 unspecified atom stereocenters. The van der Waals surface area contributed by atoms with Crippen molar-refractivity contribution in [2.75, 3.05) is 7.11 Å². The predicted molar refractivity (Wildman–Crippen MR) is 106 cm³/mol. The van der Waals surface area contributed by atoms with Gasteiger partial charge in [0.1, 0.15) is 15.0 Å². The second-order valence-corrected chi connectivity index (χ2v) is 7.71. The van der Waals surface area contributed by atoms with E-state index < -0.39 is 0 Å². The number of fused-ring (bicyclic) bond motifs is 3. The molecule has 0 aliphatic heterocycles. The van der Waals surface area contributed by atoms with Gasteiger partial charge in [-0.05, 0) is 28.4 Å². The normalized spacial score (nSPS) is 11.5. The zero-order valence-electron chi connectivity index (χ0n) is 14.2. The van der Waals surface area contributed by atoms with Crippen LogP contribution in [0.2, 0.25) is 0 Å². The zero-order chi connectivity index (χ0) is 18.3. The SMILES string of the molecule is COCc1c(Br)c(C)nc2sc3c(=O)n(Cc4ccccc4)nnc3c12. The first kappa shape index (κ1) is 17.3. The van der Waals surface area contributed by atoms with Gasteiger partial charge in [0.25, 0.3) is 5.56 Å². The molecule has 0 N–H and O–H groups in total. The number of thiophene rings is 1. The minimum absolute atomic E-state index is 0.154. The molecule has 6 nitrogen and oxygen atoms in total. The van der Waals surface area contributed by atoms with Crippen molar-refractivity contribution in [3.63, 3.8) is 0 Å². The highest BCUT2D eigenvalue weighted by atomic mass is 79.9. The van der Waals surface area contributed by atoms with Crippen LogP contribution in [0.4, 0.5) is 0 Å². The minimum atomic E-state index is -0.154. The van der Waals surface area contributed by atoms with Crippen molar-refractivity contribution in [1.82, 2.24) is 20.0 Å². The number of ether oxygens (including phenoxy) is 1. The molecule has 0 spiro atoms. The summed E-state index contributed by atoms with van der Waals surface area (Å²) in [5.41, 5.74) is 3.23. The maximum Gasteiger partial charge on any atom is 0.288 e. The van der Waals surface area contributed by atoms with Gasteiger partial charge >= 0.3 is 0 Å². The van der Waals surface area contributed by atoms with Crippen LogP contribution < -0.4 is 5.56 Å².